The number of ether oxygens (including phenoxy) is 1. The molecule has 0 unspecified atom stereocenters. The molecular weight excluding hydrogens is 417 g/mol. The summed E-state index contributed by atoms with van der Waals surface area (Å²) in [4.78, 5) is 30.1. The van der Waals surface area contributed by atoms with Gasteiger partial charge in [0.25, 0.3) is 0 Å². The number of halogens is 1. The predicted octanol–water partition coefficient (Wildman–Crippen LogP) is 4.00. The van der Waals surface area contributed by atoms with Crippen LogP contribution in [0.4, 0.5) is 9.18 Å². The highest BCUT2D eigenvalue weighted by molar-refractivity contribution is 7.10. The molecule has 0 bridgehead atoms. The number of amides is 3. The molecule has 1 N–H and O–H groups in total. The highest BCUT2D eigenvalue weighted by atomic mass is 32.1. The van der Waals surface area contributed by atoms with Gasteiger partial charge in [-0.3, -0.25) is 4.79 Å². The number of carbonyl (C=O) groups excluding carboxylic acids is 2. The topological polar surface area (TPSA) is 61.9 Å². The Kier molecular flexibility index (Phi) is 8.06. The quantitative estimate of drug-likeness (QED) is 0.594. The molecule has 0 spiro atoms. The monoisotopic (exact) mass is 445 g/mol. The summed E-state index contributed by atoms with van der Waals surface area (Å²) in [6, 6.07) is 7.40. The Labute approximate surface area is 186 Å². The van der Waals surface area contributed by atoms with Crippen LogP contribution in [0, 0.1) is 5.82 Å². The maximum Gasteiger partial charge on any atom is 0.318 e. The zero-order valence-electron chi connectivity index (χ0n) is 17.7. The lowest BCUT2D eigenvalue weighted by molar-refractivity contribution is -0.135. The lowest BCUT2D eigenvalue weighted by Crippen LogP contribution is -2.50. The molecule has 8 heteroatoms. The third-order valence-corrected chi connectivity index (χ3v) is 6.10. The van der Waals surface area contributed by atoms with Crippen molar-refractivity contribution in [1.82, 2.24) is 15.1 Å². The van der Waals surface area contributed by atoms with Crippen molar-refractivity contribution in [2.75, 3.05) is 32.8 Å². The van der Waals surface area contributed by atoms with Gasteiger partial charge in [-0.2, -0.15) is 0 Å². The van der Waals surface area contributed by atoms with Gasteiger partial charge in [0.15, 0.2) is 0 Å². The molecule has 2 aromatic rings. The van der Waals surface area contributed by atoms with Crippen molar-refractivity contribution < 1.29 is 18.7 Å². The lowest BCUT2D eigenvalue weighted by Gasteiger charge is -2.37. The van der Waals surface area contributed by atoms with Crippen LogP contribution in [-0.2, 0) is 11.2 Å². The number of thiophene rings is 1. The Hall–Kier alpha value is -2.87. The van der Waals surface area contributed by atoms with Crippen LogP contribution in [0.15, 0.2) is 48.4 Å². The minimum atomic E-state index is -0.372. The summed E-state index contributed by atoms with van der Waals surface area (Å²) in [6.45, 7) is 7.21. The van der Waals surface area contributed by atoms with Crippen LogP contribution in [0.5, 0.6) is 5.75 Å². The average Bonchev–Trinajstić information content (AvgIpc) is 3.24. The molecule has 166 valence electrons. The second-order valence-corrected chi connectivity index (χ2v) is 8.32. The molecule has 1 aromatic carbocycles. The first-order valence-electron chi connectivity index (χ1n) is 10.4. The van der Waals surface area contributed by atoms with Crippen LogP contribution in [0.25, 0.3) is 0 Å². The number of hydrogen-bond acceptors (Lipinski definition) is 4. The molecule has 1 aliphatic heterocycles. The zero-order valence-corrected chi connectivity index (χ0v) is 18.5. The number of hydrogen-bond donors (Lipinski definition) is 1. The van der Waals surface area contributed by atoms with Crippen molar-refractivity contribution in [2.24, 2.45) is 0 Å². The Balaban J connectivity index is 1.74. The molecule has 31 heavy (non-hydrogen) atoms. The number of benzene rings is 1. The Morgan fingerprint density at radius 2 is 2.26 bits per heavy atom. The van der Waals surface area contributed by atoms with Gasteiger partial charge < -0.3 is 19.9 Å². The van der Waals surface area contributed by atoms with Gasteiger partial charge in [0.05, 0.1) is 6.04 Å². The Morgan fingerprint density at radius 1 is 1.42 bits per heavy atom. The number of urea groups is 1. The molecule has 0 aliphatic carbocycles. The zero-order chi connectivity index (χ0) is 22.2. The van der Waals surface area contributed by atoms with E-state index in [0.717, 1.165) is 18.4 Å². The molecule has 6 nitrogen and oxygen atoms in total. The summed E-state index contributed by atoms with van der Waals surface area (Å²) >= 11 is 1.66. The molecule has 3 amide bonds. The minimum Gasteiger partial charge on any atom is -0.491 e. The van der Waals surface area contributed by atoms with Crippen LogP contribution in [-0.4, -0.2) is 54.5 Å². The Bertz CT molecular complexity index is 917. The summed E-state index contributed by atoms with van der Waals surface area (Å²) in [5, 5.41) is 4.82. The number of carbonyl (C=O) groups is 2. The van der Waals surface area contributed by atoms with Gasteiger partial charge in [-0.15, -0.1) is 17.9 Å². The second kappa shape index (κ2) is 10.9. The van der Waals surface area contributed by atoms with E-state index in [1.165, 1.54) is 21.9 Å². The van der Waals surface area contributed by atoms with E-state index in [4.69, 9.17) is 4.74 Å². The lowest BCUT2D eigenvalue weighted by atomic mass is 10.0. The molecular formula is C23H28FN3O3S. The highest BCUT2D eigenvalue weighted by Crippen LogP contribution is 2.34. The predicted molar refractivity (Wildman–Crippen MR) is 120 cm³/mol. The largest absolute Gasteiger partial charge is 0.491 e. The maximum atomic E-state index is 13.5. The van der Waals surface area contributed by atoms with E-state index in [1.807, 2.05) is 18.4 Å². The van der Waals surface area contributed by atoms with Crippen LogP contribution in [0.1, 0.15) is 29.8 Å². The van der Waals surface area contributed by atoms with E-state index in [2.05, 4.69) is 11.9 Å². The molecule has 0 radical (unpaired) electrons. The van der Waals surface area contributed by atoms with Crippen molar-refractivity contribution in [2.45, 2.75) is 25.8 Å². The first kappa shape index (κ1) is 22.8. The van der Waals surface area contributed by atoms with Gasteiger partial charge >= 0.3 is 6.03 Å². The maximum absolute atomic E-state index is 13.5. The number of rotatable bonds is 9. The summed E-state index contributed by atoms with van der Waals surface area (Å²) in [7, 11) is 0. The van der Waals surface area contributed by atoms with Crippen LogP contribution in [0.3, 0.4) is 0 Å². The van der Waals surface area contributed by atoms with Crippen LogP contribution >= 0.6 is 11.3 Å². The first-order chi connectivity index (χ1) is 15.0. The van der Waals surface area contributed by atoms with Crippen LogP contribution < -0.4 is 10.1 Å². The first-order valence-corrected chi connectivity index (χ1v) is 11.3. The minimum absolute atomic E-state index is 0.0441. The fraction of sp³-hybridized carbons (Fsp3) is 0.391. The molecule has 0 fully saturated rings. The molecule has 0 saturated heterocycles. The van der Waals surface area contributed by atoms with Gasteiger partial charge in [-0.25, -0.2) is 9.18 Å². The van der Waals surface area contributed by atoms with Crippen LogP contribution in [0.2, 0.25) is 0 Å². The summed E-state index contributed by atoms with van der Waals surface area (Å²) in [5.74, 6) is -0.108. The molecule has 0 saturated carbocycles. The van der Waals surface area contributed by atoms with Crippen molar-refractivity contribution in [3.8, 4) is 5.75 Å². The molecule has 1 aromatic heterocycles. The van der Waals surface area contributed by atoms with Gasteiger partial charge in [-0.1, -0.05) is 19.1 Å². The van der Waals surface area contributed by atoms with Crippen molar-refractivity contribution in [3.05, 3.63) is 64.6 Å². The van der Waals surface area contributed by atoms with Gasteiger partial charge in [0.2, 0.25) is 5.91 Å². The summed E-state index contributed by atoms with van der Waals surface area (Å²) in [5.41, 5.74) is 1.05. The van der Waals surface area contributed by atoms with E-state index in [-0.39, 0.29) is 43.5 Å². The molecule has 1 atom stereocenters. The molecule has 1 aliphatic rings. The molecule has 2 heterocycles. The second-order valence-electron chi connectivity index (χ2n) is 7.32. The Morgan fingerprint density at radius 3 is 3.00 bits per heavy atom. The van der Waals surface area contributed by atoms with E-state index >= 15 is 0 Å². The van der Waals surface area contributed by atoms with Gasteiger partial charge in [0, 0.05) is 30.6 Å². The molecule has 3 rings (SSSR count). The average molecular weight is 446 g/mol. The summed E-state index contributed by atoms with van der Waals surface area (Å²) < 4.78 is 19.4. The van der Waals surface area contributed by atoms with Crippen molar-refractivity contribution in [3.63, 3.8) is 0 Å². The smallest absolute Gasteiger partial charge is 0.318 e. The van der Waals surface area contributed by atoms with Crippen molar-refractivity contribution >= 4 is 23.3 Å². The van der Waals surface area contributed by atoms with E-state index in [0.29, 0.717) is 18.8 Å². The van der Waals surface area contributed by atoms with E-state index in [9.17, 15) is 14.0 Å². The van der Waals surface area contributed by atoms with E-state index < -0.39 is 0 Å². The third kappa shape index (κ3) is 5.85. The van der Waals surface area contributed by atoms with Gasteiger partial charge in [0.1, 0.15) is 24.7 Å². The van der Waals surface area contributed by atoms with Crippen molar-refractivity contribution in [1.29, 1.82) is 0 Å². The summed E-state index contributed by atoms with van der Waals surface area (Å²) in [6.07, 6.45) is 3.18. The van der Waals surface area contributed by atoms with E-state index in [1.54, 1.807) is 34.4 Å². The number of nitrogens with one attached hydrogen (secondary N) is 1. The SMILES string of the molecule is C=CCN(CC(=O)N1CCc2sccc2[C@@H]1COc1cccc(F)c1)C(=O)NCCC. The third-order valence-electron chi connectivity index (χ3n) is 5.11. The number of fused-ring (bicyclic) bond motifs is 1. The standard InChI is InChI=1S/C23H28FN3O3S/c1-3-10-25-23(29)26(11-4-2)15-22(28)27-12-8-21-19(9-13-31-21)20(27)16-30-18-7-5-6-17(24)14-18/h4-7,9,13-14,20H,2-3,8,10-12,15-16H2,1H3,(H,25,29)/t20-/m0/s1. The number of nitrogens with zero attached hydrogens (tertiary/aromatic N) is 2. The highest BCUT2D eigenvalue weighted by Gasteiger charge is 2.33. The fourth-order valence-electron chi connectivity index (χ4n) is 3.58. The van der Waals surface area contributed by atoms with Gasteiger partial charge in [-0.05, 0) is 42.0 Å². The normalized spacial score (nSPS) is 15.2. The fourth-order valence-corrected chi connectivity index (χ4v) is 4.51.